The third-order valence-electron chi connectivity index (χ3n) is 2.17. The summed E-state index contributed by atoms with van der Waals surface area (Å²) in [4.78, 5) is 0. The van der Waals surface area contributed by atoms with Gasteiger partial charge in [-0.3, -0.25) is 0 Å². The Labute approximate surface area is 101 Å². The van der Waals surface area contributed by atoms with Crippen LogP contribution in [0.3, 0.4) is 0 Å². The Bertz CT molecular complexity index is 539. The molecule has 0 amide bonds. The van der Waals surface area contributed by atoms with Gasteiger partial charge in [0.05, 0.1) is 0 Å². The van der Waals surface area contributed by atoms with Gasteiger partial charge in [0, 0.05) is 21.2 Å². The summed E-state index contributed by atoms with van der Waals surface area (Å²) < 4.78 is 26.5. The summed E-state index contributed by atoms with van der Waals surface area (Å²) in [5, 5.41) is 0.738. The van der Waals surface area contributed by atoms with Crippen molar-refractivity contribution in [2.75, 3.05) is 0 Å². The molecule has 0 unspecified atom stereocenters. The van der Waals surface area contributed by atoms with E-state index in [0.29, 0.717) is 10.6 Å². The molecule has 0 bridgehead atoms. The van der Waals surface area contributed by atoms with E-state index in [-0.39, 0.29) is 10.6 Å². The lowest BCUT2D eigenvalue weighted by atomic mass is 10.1. The average Bonchev–Trinajstić information content (AvgIpc) is 2.23. The van der Waals surface area contributed by atoms with Gasteiger partial charge in [-0.25, -0.2) is 8.78 Å². The van der Waals surface area contributed by atoms with Crippen molar-refractivity contribution in [3.8, 4) is 11.1 Å². The van der Waals surface area contributed by atoms with Crippen molar-refractivity contribution in [3.05, 3.63) is 58.1 Å². The molecule has 0 aromatic heterocycles. The van der Waals surface area contributed by atoms with Gasteiger partial charge in [0.2, 0.25) is 0 Å². The maximum absolute atomic E-state index is 13.5. The number of hydrogen-bond donors (Lipinski definition) is 0. The second-order valence-electron chi connectivity index (χ2n) is 3.23. The van der Waals surface area contributed by atoms with E-state index in [0.717, 1.165) is 6.07 Å². The van der Waals surface area contributed by atoms with Crippen LogP contribution in [0.25, 0.3) is 11.1 Å². The van der Waals surface area contributed by atoms with Crippen LogP contribution in [0.15, 0.2) is 36.4 Å². The van der Waals surface area contributed by atoms with Crippen molar-refractivity contribution in [2.24, 2.45) is 0 Å². The van der Waals surface area contributed by atoms with E-state index in [1.807, 2.05) is 0 Å². The van der Waals surface area contributed by atoms with Crippen molar-refractivity contribution in [2.45, 2.75) is 0 Å². The highest BCUT2D eigenvalue weighted by atomic mass is 35.5. The average molecular weight is 259 g/mol. The summed E-state index contributed by atoms with van der Waals surface area (Å²) in [6.45, 7) is 0. The first-order valence-electron chi connectivity index (χ1n) is 4.49. The predicted octanol–water partition coefficient (Wildman–Crippen LogP) is 4.94. The first-order valence-corrected chi connectivity index (χ1v) is 5.24. The zero-order valence-electron chi connectivity index (χ0n) is 7.98. The van der Waals surface area contributed by atoms with Crippen LogP contribution >= 0.6 is 23.2 Å². The van der Waals surface area contributed by atoms with Crippen molar-refractivity contribution in [1.82, 2.24) is 0 Å². The third-order valence-corrected chi connectivity index (χ3v) is 2.72. The second kappa shape index (κ2) is 4.40. The fourth-order valence-electron chi connectivity index (χ4n) is 1.42. The Hall–Kier alpha value is -1.12. The maximum Gasteiger partial charge on any atom is 0.166 e. The van der Waals surface area contributed by atoms with Crippen LogP contribution in [0.5, 0.6) is 0 Å². The van der Waals surface area contributed by atoms with Crippen molar-refractivity contribution in [1.29, 1.82) is 0 Å². The zero-order valence-corrected chi connectivity index (χ0v) is 9.49. The molecule has 4 heteroatoms. The summed E-state index contributed by atoms with van der Waals surface area (Å²) in [7, 11) is 0. The molecule has 0 aliphatic heterocycles. The van der Waals surface area contributed by atoms with Crippen LogP contribution < -0.4 is 0 Å². The van der Waals surface area contributed by atoms with E-state index in [4.69, 9.17) is 23.2 Å². The van der Waals surface area contributed by atoms with Gasteiger partial charge in [0.15, 0.2) is 11.6 Å². The van der Waals surface area contributed by atoms with Crippen molar-refractivity contribution >= 4 is 23.2 Å². The molecule has 0 aliphatic rings. The molecule has 2 rings (SSSR count). The van der Waals surface area contributed by atoms with Gasteiger partial charge in [0.25, 0.3) is 0 Å². The van der Waals surface area contributed by atoms with E-state index in [9.17, 15) is 8.78 Å². The summed E-state index contributed by atoms with van der Waals surface area (Å²) in [6.07, 6.45) is 0. The first-order chi connectivity index (χ1) is 7.59. The number of halogens is 4. The Kier molecular flexibility index (Phi) is 3.13. The summed E-state index contributed by atoms with van der Waals surface area (Å²) >= 11 is 11.6. The molecule has 0 atom stereocenters. The predicted molar refractivity (Wildman–Crippen MR) is 61.8 cm³/mol. The quantitative estimate of drug-likeness (QED) is 0.680. The largest absolute Gasteiger partial charge is 0.204 e. The smallest absolute Gasteiger partial charge is 0.166 e. The van der Waals surface area contributed by atoms with Crippen molar-refractivity contribution in [3.63, 3.8) is 0 Å². The van der Waals surface area contributed by atoms with Crippen LogP contribution in [0.2, 0.25) is 10.0 Å². The minimum Gasteiger partial charge on any atom is -0.204 e. The molecule has 82 valence electrons. The molecule has 0 heterocycles. The van der Waals surface area contributed by atoms with E-state index in [1.54, 1.807) is 12.1 Å². The monoisotopic (exact) mass is 258 g/mol. The molecule has 2 aromatic rings. The molecule has 0 radical (unpaired) electrons. The third kappa shape index (κ3) is 2.04. The van der Waals surface area contributed by atoms with E-state index >= 15 is 0 Å². The van der Waals surface area contributed by atoms with Gasteiger partial charge in [0.1, 0.15) is 0 Å². The van der Waals surface area contributed by atoms with E-state index in [1.165, 1.54) is 18.2 Å². The summed E-state index contributed by atoms with van der Waals surface area (Å²) in [5.74, 6) is -1.81. The molecular weight excluding hydrogens is 253 g/mol. The van der Waals surface area contributed by atoms with Gasteiger partial charge in [-0.2, -0.15) is 0 Å². The van der Waals surface area contributed by atoms with Gasteiger partial charge in [-0.1, -0.05) is 41.4 Å². The molecule has 0 spiro atoms. The lowest BCUT2D eigenvalue weighted by Crippen LogP contribution is -1.89. The van der Waals surface area contributed by atoms with Crippen LogP contribution in [0, 0.1) is 11.6 Å². The fraction of sp³-hybridized carbons (Fsp3) is 0. The van der Waals surface area contributed by atoms with E-state index in [2.05, 4.69) is 0 Å². The fourth-order valence-corrected chi connectivity index (χ4v) is 1.93. The standard InChI is InChI=1S/C12H6Cl2F2/c13-7-4-5-8(10(14)6-7)9-2-1-3-11(15)12(9)16/h1-6H. The van der Waals surface area contributed by atoms with Gasteiger partial charge >= 0.3 is 0 Å². The van der Waals surface area contributed by atoms with Gasteiger partial charge in [-0.15, -0.1) is 0 Å². The summed E-state index contributed by atoms with van der Waals surface area (Å²) in [6, 6.07) is 8.58. The SMILES string of the molecule is Fc1cccc(-c2ccc(Cl)cc2Cl)c1F. The van der Waals surface area contributed by atoms with Crippen LogP contribution in [0.4, 0.5) is 8.78 Å². The van der Waals surface area contributed by atoms with Crippen LogP contribution in [-0.4, -0.2) is 0 Å². The molecule has 16 heavy (non-hydrogen) atoms. The van der Waals surface area contributed by atoms with Crippen molar-refractivity contribution < 1.29 is 8.78 Å². The van der Waals surface area contributed by atoms with Gasteiger partial charge in [-0.05, 0) is 18.2 Å². The lowest BCUT2D eigenvalue weighted by molar-refractivity contribution is 0.511. The highest BCUT2D eigenvalue weighted by Crippen LogP contribution is 2.32. The number of hydrogen-bond acceptors (Lipinski definition) is 0. The lowest BCUT2D eigenvalue weighted by Gasteiger charge is -2.06. The van der Waals surface area contributed by atoms with Crippen LogP contribution in [0.1, 0.15) is 0 Å². The number of benzene rings is 2. The first kappa shape index (κ1) is 11.4. The maximum atomic E-state index is 13.5. The Morgan fingerprint density at radius 3 is 2.31 bits per heavy atom. The zero-order chi connectivity index (χ0) is 11.7. The molecular formula is C12H6Cl2F2. The minimum absolute atomic E-state index is 0.127. The summed E-state index contributed by atoms with van der Waals surface area (Å²) in [5.41, 5.74) is 0.546. The highest BCUT2D eigenvalue weighted by molar-refractivity contribution is 6.36. The Morgan fingerprint density at radius 1 is 0.875 bits per heavy atom. The Morgan fingerprint density at radius 2 is 1.62 bits per heavy atom. The Balaban J connectivity index is 2.63. The molecule has 0 N–H and O–H groups in total. The second-order valence-corrected chi connectivity index (χ2v) is 4.07. The number of rotatable bonds is 1. The molecule has 0 aliphatic carbocycles. The molecule has 0 fully saturated rings. The molecule has 0 saturated carbocycles. The highest BCUT2D eigenvalue weighted by Gasteiger charge is 2.12. The van der Waals surface area contributed by atoms with Gasteiger partial charge < -0.3 is 0 Å². The van der Waals surface area contributed by atoms with Crippen LogP contribution in [-0.2, 0) is 0 Å². The minimum atomic E-state index is -0.910. The molecule has 2 aromatic carbocycles. The molecule has 0 nitrogen and oxygen atoms in total. The topological polar surface area (TPSA) is 0 Å². The normalized spacial score (nSPS) is 10.5. The molecule has 0 saturated heterocycles. The van der Waals surface area contributed by atoms with E-state index < -0.39 is 11.6 Å².